The highest BCUT2D eigenvalue weighted by Crippen LogP contribution is 2.36. The van der Waals surface area contributed by atoms with Crippen LogP contribution in [-0.2, 0) is 11.3 Å². The molecule has 0 aliphatic heterocycles. The Morgan fingerprint density at radius 3 is 2.83 bits per heavy atom. The summed E-state index contributed by atoms with van der Waals surface area (Å²) in [6.07, 6.45) is 4.20. The Morgan fingerprint density at radius 1 is 1.43 bits per heavy atom. The van der Waals surface area contributed by atoms with Gasteiger partial charge in [-0.15, -0.1) is 0 Å². The van der Waals surface area contributed by atoms with Gasteiger partial charge in [0.1, 0.15) is 0 Å². The van der Waals surface area contributed by atoms with E-state index in [1.165, 1.54) is 17.7 Å². The van der Waals surface area contributed by atoms with E-state index in [0.717, 1.165) is 38.0 Å². The molecule has 2 N–H and O–H groups in total. The molecule has 3 unspecified atom stereocenters. The summed E-state index contributed by atoms with van der Waals surface area (Å²) in [5.74, 6) is 0. The minimum Gasteiger partial charge on any atom is -0.393 e. The SMILES string of the molecule is COCCn1nc(C)c(C(C)NCC2(C)CCCCC2O)c1C. The molecular formula is C18H33N3O2. The lowest BCUT2D eigenvalue weighted by Gasteiger charge is -2.39. The first kappa shape index (κ1) is 18.4. The molecule has 0 saturated heterocycles. The molecule has 1 saturated carbocycles. The van der Waals surface area contributed by atoms with Crippen LogP contribution in [0.15, 0.2) is 0 Å². The third-order valence-corrected chi connectivity index (χ3v) is 5.47. The lowest BCUT2D eigenvalue weighted by atomic mass is 9.73. The largest absolute Gasteiger partial charge is 0.393 e. The zero-order valence-electron chi connectivity index (χ0n) is 15.4. The van der Waals surface area contributed by atoms with Gasteiger partial charge in [-0.2, -0.15) is 5.10 Å². The van der Waals surface area contributed by atoms with Gasteiger partial charge in [0.15, 0.2) is 0 Å². The van der Waals surface area contributed by atoms with E-state index in [2.05, 4.69) is 38.1 Å². The average molecular weight is 323 g/mol. The Kier molecular flexibility index (Phi) is 6.23. The molecule has 5 nitrogen and oxygen atoms in total. The van der Waals surface area contributed by atoms with E-state index in [9.17, 15) is 5.11 Å². The number of ether oxygens (including phenoxy) is 1. The highest BCUT2D eigenvalue weighted by atomic mass is 16.5. The summed E-state index contributed by atoms with van der Waals surface area (Å²) in [7, 11) is 1.72. The topological polar surface area (TPSA) is 59.3 Å². The second-order valence-electron chi connectivity index (χ2n) is 7.32. The second kappa shape index (κ2) is 7.77. The van der Waals surface area contributed by atoms with E-state index >= 15 is 0 Å². The zero-order chi connectivity index (χ0) is 17.0. The van der Waals surface area contributed by atoms with Gasteiger partial charge in [-0.05, 0) is 33.6 Å². The fourth-order valence-corrected chi connectivity index (χ4v) is 3.81. The number of rotatable bonds is 7. The van der Waals surface area contributed by atoms with Gasteiger partial charge in [0.05, 0.1) is 24.9 Å². The van der Waals surface area contributed by atoms with Crippen molar-refractivity contribution >= 4 is 0 Å². The monoisotopic (exact) mass is 323 g/mol. The molecular weight excluding hydrogens is 290 g/mol. The first-order chi connectivity index (χ1) is 10.9. The maximum atomic E-state index is 10.4. The zero-order valence-corrected chi connectivity index (χ0v) is 15.4. The van der Waals surface area contributed by atoms with Gasteiger partial charge >= 0.3 is 0 Å². The lowest BCUT2D eigenvalue weighted by molar-refractivity contribution is -0.0000308. The summed E-state index contributed by atoms with van der Waals surface area (Å²) < 4.78 is 7.19. The molecule has 23 heavy (non-hydrogen) atoms. The maximum Gasteiger partial charge on any atom is 0.0658 e. The van der Waals surface area contributed by atoms with Crippen molar-refractivity contribution in [2.24, 2.45) is 5.41 Å². The number of hydrogen-bond donors (Lipinski definition) is 2. The smallest absolute Gasteiger partial charge is 0.0658 e. The number of hydrogen-bond acceptors (Lipinski definition) is 4. The van der Waals surface area contributed by atoms with Crippen LogP contribution in [0.1, 0.15) is 62.5 Å². The second-order valence-corrected chi connectivity index (χ2v) is 7.32. The summed E-state index contributed by atoms with van der Waals surface area (Å²) in [6, 6.07) is 0.234. The highest BCUT2D eigenvalue weighted by Gasteiger charge is 2.35. The molecule has 1 aliphatic carbocycles. The molecule has 1 fully saturated rings. The van der Waals surface area contributed by atoms with Gasteiger partial charge in [0.2, 0.25) is 0 Å². The van der Waals surface area contributed by atoms with E-state index in [1.54, 1.807) is 7.11 Å². The van der Waals surface area contributed by atoms with Crippen LogP contribution >= 0.6 is 0 Å². The van der Waals surface area contributed by atoms with Crippen LogP contribution in [0.2, 0.25) is 0 Å². The van der Waals surface area contributed by atoms with E-state index in [-0.39, 0.29) is 17.6 Å². The summed E-state index contributed by atoms with van der Waals surface area (Å²) in [4.78, 5) is 0. The fraction of sp³-hybridized carbons (Fsp3) is 0.833. The van der Waals surface area contributed by atoms with Crippen LogP contribution in [0.5, 0.6) is 0 Å². The van der Waals surface area contributed by atoms with E-state index in [0.29, 0.717) is 6.61 Å². The van der Waals surface area contributed by atoms with Gasteiger partial charge < -0.3 is 15.2 Å². The van der Waals surface area contributed by atoms with Crippen molar-refractivity contribution in [3.8, 4) is 0 Å². The molecule has 0 bridgehead atoms. The number of aliphatic hydroxyl groups excluding tert-OH is 1. The first-order valence-corrected chi connectivity index (χ1v) is 8.83. The molecule has 1 aromatic heterocycles. The van der Waals surface area contributed by atoms with Crippen LogP contribution in [0.25, 0.3) is 0 Å². The highest BCUT2D eigenvalue weighted by molar-refractivity contribution is 5.27. The molecule has 0 spiro atoms. The molecule has 1 aromatic rings. The lowest BCUT2D eigenvalue weighted by Crippen LogP contribution is -2.44. The quantitative estimate of drug-likeness (QED) is 0.810. The number of aryl methyl sites for hydroxylation is 1. The number of aromatic nitrogens is 2. The molecule has 0 amide bonds. The summed E-state index contributed by atoms with van der Waals surface area (Å²) in [5.41, 5.74) is 3.54. The molecule has 3 atom stereocenters. The van der Waals surface area contributed by atoms with E-state index in [4.69, 9.17) is 4.74 Å². The fourth-order valence-electron chi connectivity index (χ4n) is 3.81. The van der Waals surface area contributed by atoms with E-state index < -0.39 is 0 Å². The van der Waals surface area contributed by atoms with Crippen molar-refractivity contribution in [1.29, 1.82) is 0 Å². The van der Waals surface area contributed by atoms with Crippen molar-refractivity contribution in [2.75, 3.05) is 20.3 Å². The minimum absolute atomic E-state index is 0.0135. The Bertz CT molecular complexity index is 515. The van der Waals surface area contributed by atoms with Gasteiger partial charge in [-0.25, -0.2) is 0 Å². The Morgan fingerprint density at radius 2 is 2.17 bits per heavy atom. The molecule has 0 aromatic carbocycles. The minimum atomic E-state index is -0.192. The van der Waals surface area contributed by atoms with Crippen molar-refractivity contribution in [3.05, 3.63) is 17.0 Å². The third kappa shape index (κ3) is 4.14. The molecule has 1 aliphatic rings. The average Bonchev–Trinajstić information content (AvgIpc) is 2.80. The van der Waals surface area contributed by atoms with Gasteiger partial charge in [-0.1, -0.05) is 19.8 Å². The first-order valence-electron chi connectivity index (χ1n) is 8.83. The maximum absolute atomic E-state index is 10.4. The number of nitrogens with one attached hydrogen (secondary N) is 1. The number of methoxy groups -OCH3 is 1. The predicted molar refractivity (Wildman–Crippen MR) is 92.6 cm³/mol. The van der Waals surface area contributed by atoms with E-state index in [1.807, 2.05) is 4.68 Å². The van der Waals surface area contributed by atoms with Crippen LogP contribution in [0.4, 0.5) is 0 Å². The van der Waals surface area contributed by atoms with Gasteiger partial charge in [0.25, 0.3) is 0 Å². The Balaban J connectivity index is 2.03. The molecule has 132 valence electrons. The van der Waals surface area contributed by atoms with Crippen molar-refractivity contribution in [1.82, 2.24) is 15.1 Å². The Hall–Kier alpha value is -0.910. The van der Waals surface area contributed by atoms with Crippen molar-refractivity contribution in [2.45, 2.75) is 72.1 Å². The normalized spacial score (nSPS) is 26.4. The van der Waals surface area contributed by atoms with Crippen LogP contribution < -0.4 is 5.32 Å². The van der Waals surface area contributed by atoms with Crippen molar-refractivity contribution < 1.29 is 9.84 Å². The Labute approximate surface area is 140 Å². The van der Waals surface area contributed by atoms with Crippen LogP contribution in [0.3, 0.4) is 0 Å². The standard InChI is InChI=1S/C18H33N3O2/c1-13(19-12-18(4)9-7-6-8-16(18)22)17-14(2)20-21(15(17)3)10-11-23-5/h13,16,19,22H,6-12H2,1-5H3. The predicted octanol–water partition coefficient (Wildman–Crippen LogP) is 2.74. The van der Waals surface area contributed by atoms with Gasteiger partial charge in [-0.3, -0.25) is 4.68 Å². The summed E-state index contributed by atoms with van der Waals surface area (Å²) in [5, 5.41) is 18.6. The number of aliphatic hydroxyl groups is 1. The number of nitrogens with zero attached hydrogens (tertiary/aromatic N) is 2. The molecule has 1 heterocycles. The van der Waals surface area contributed by atoms with Gasteiger partial charge in [0, 0.05) is 36.4 Å². The molecule has 0 radical (unpaired) electrons. The molecule has 2 rings (SSSR count). The van der Waals surface area contributed by atoms with Crippen LogP contribution in [0, 0.1) is 19.3 Å². The molecule has 5 heteroatoms. The summed E-state index contributed by atoms with van der Waals surface area (Å²) in [6.45, 7) is 10.9. The third-order valence-electron chi connectivity index (χ3n) is 5.47. The van der Waals surface area contributed by atoms with Crippen molar-refractivity contribution in [3.63, 3.8) is 0 Å². The summed E-state index contributed by atoms with van der Waals surface area (Å²) >= 11 is 0. The van der Waals surface area contributed by atoms with Crippen LogP contribution in [-0.4, -0.2) is 41.3 Å².